The van der Waals surface area contributed by atoms with Gasteiger partial charge in [0, 0.05) is 58.9 Å². The van der Waals surface area contributed by atoms with E-state index in [-0.39, 0.29) is 98.6 Å². The van der Waals surface area contributed by atoms with Crippen LogP contribution in [0.4, 0.5) is 15.3 Å². The fraction of sp³-hybridized carbons (Fsp3) is 0.712. The lowest BCUT2D eigenvalue weighted by Gasteiger charge is -2.40. The summed E-state index contributed by atoms with van der Waals surface area (Å²) in [6.45, 7) is 17.5. The standard InChI is InChI=1S/C52H89N11O11/c1-13-34(8)46(39(73-12)29-42(66)63-28-18-19-35(63)9)61(10)50(70)44(32(4)5)59-49(69)45(33(6)7)62(11)52(72)74-30-36-23-25-37(26-24-36)56-47(67)38(20-17-27-55-51(53)71)57-48(68)43(31(2)3)58-40(64)21-15-14-16-22-41(65)60-54/h23-26,31-35,38-39,43-46H,13-22,27-30,54H2,1-12H3,(H,56,67)(H,57,68)(H,58,64)(H,59,69)(H,60,65)(H3,53,55,71)/t34-,35+,38-,39+,43-,44-,45?,46-/m0/s1. The molecule has 22 nitrogen and oxygen atoms in total. The van der Waals surface area contributed by atoms with E-state index in [2.05, 4.69) is 32.0 Å². The van der Waals surface area contributed by atoms with Gasteiger partial charge < -0.3 is 51.6 Å². The fourth-order valence-electron chi connectivity index (χ4n) is 9.14. The van der Waals surface area contributed by atoms with Gasteiger partial charge in [-0.25, -0.2) is 15.4 Å². The van der Waals surface area contributed by atoms with Crippen LogP contribution in [-0.2, 0) is 49.6 Å². The number of anilines is 1. The monoisotopic (exact) mass is 1040 g/mol. The van der Waals surface area contributed by atoms with E-state index in [9.17, 15) is 43.2 Å². The molecule has 74 heavy (non-hydrogen) atoms. The zero-order valence-electron chi connectivity index (χ0n) is 46.0. The first-order chi connectivity index (χ1) is 34.9. The minimum atomic E-state index is -1.07. The minimum Gasteiger partial charge on any atom is -0.445 e. The van der Waals surface area contributed by atoms with Crippen LogP contribution < -0.4 is 43.6 Å². The van der Waals surface area contributed by atoms with Crippen LogP contribution in [0.1, 0.15) is 139 Å². The van der Waals surface area contributed by atoms with Crippen molar-refractivity contribution in [2.75, 3.05) is 39.6 Å². The molecule has 0 aliphatic carbocycles. The van der Waals surface area contributed by atoms with Crippen LogP contribution in [0.2, 0.25) is 0 Å². The van der Waals surface area contributed by atoms with Gasteiger partial charge in [0.25, 0.3) is 0 Å². The third kappa shape index (κ3) is 20.7. The van der Waals surface area contributed by atoms with E-state index in [4.69, 9.17) is 21.1 Å². The number of methoxy groups -OCH3 is 1. The molecule has 1 aliphatic heterocycles. The van der Waals surface area contributed by atoms with E-state index in [1.165, 1.54) is 11.9 Å². The van der Waals surface area contributed by atoms with Crippen LogP contribution in [0.25, 0.3) is 0 Å². The predicted molar refractivity (Wildman–Crippen MR) is 281 cm³/mol. The lowest BCUT2D eigenvalue weighted by Crippen LogP contribution is -2.60. The molecule has 1 aromatic rings. The predicted octanol–water partition coefficient (Wildman–Crippen LogP) is 3.66. The summed E-state index contributed by atoms with van der Waals surface area (Å²) in [6.07, 6.45) is 3.77. The molecule has 22 heteroatoms. The van der Waals surface area contributed by atoms with Crippen LogP contribution in [0.5, 0.6) is 0 Å². The second-order valence-electron chi connectivity index (χ2n) is 20.6. The van der Waals surface area contributed by atoms with E-state index in [0.717, 1.165) is 12.8 Å². The summed E-state index contributed by atoms with van der Waals surface area (Å²) in [5, 5.41) is 13.7. The Kier molecular flexibility index (Phi) is 28.0. The third-order valence-corrected chi connectivity index (χ3v) is 13.7. The number of ether oxygens (including phenoxy) is 2. The highest BCUT2D eigenvalue weighted by Crippen LogP contribution is 2.26. The van der Waals surface area contributed by atoms with Gasteiger partial charge in [0.05, 0.1) is 18.6 Å². The molecule has 0 aromatic heterocycles. The number of likely N-dealkylation sites (N-methyl/N-ethyl adjacent to an activating group) is 2. The number of benzene rings is 1. The van der Waals surface area contributed by atoms with Crippen LogP contribution >= 0.6 is 0 Å². The van der Waals surface area contributed by atoms with Gasteiger partial charge in [-0.3, -0.25) is 43.9 Å². The lowest BCUT2D eigenvalue weighted by molar-refractivity contribution is -0.146. The molecule has 418 valence electrons. The molecule has 1 heterocycles. The van der Waals surface area contributed by atoms with Crippen molar-refractivity contribution in [1.29, 1.82) is 0 Å². The average Bonchev–Trinajstić information content (AvgIpc) is 3.79. The number of unbranched alkanes of at least 4 members (excludes halogenated alkanes) is 2. The summed E-state index contributed by atoms with van der Waals surface area (Å²) < 4.78 is 11.6. The summed E-state index contributed by atoms with van der Waals surface area (Å²) in [5.41, 5.74) is 8.20. The number of nitrogens with one attached hydrogen (secondary N) is 6. The number of likely N-dealkylation sites (tertiary alicyclic amines) is 1. The number of hydrogen-bond donors (Lipinski definition) is 8. The van der Waals surface area contributed by atoms with Gasteiger partial charge in [-0.2, -0.15) is 0 Å². The molecule has 0 radical (unpaired) electrons. The van der Waals surface area contributed by atoms with Gasteiger partial charge >= 0.3 is 12.1 Å². The number of rotatable bonds is 31. The molecule has 1 unspecified atom stereocenters. The largest absolute Gasteiger partial charge is 0.445 e. The van der Waals surface area contributed by atoms with E-state index in [1.807, 2.05) is 39.5 Å². The second kappa shape index (κ2) is 32.3. The molecule has 1 fully saturated rings. The number of hydrazine groups is 1. The maximum atomic E-state index is 14.4. The number of nitrogens with zero attached hydrogens (tertiary/aromatic N) is 3. The van der Waals surface area contributed by atoms with Gasteiger partial charge in [0.2, 0.25) is 41.4 Å². The van der Waals surface area contributed by atoms with E-state index in [1.54, 1.807) is 71.0 Å². The molecular formula is C52H89N11O11. The summed E-state index contributed by atoms with van der Waals surface area (Å²) >= 11 is 0. The minimum absolute atomic E-state index is 0.0157. The Balaban J connectivity index is 2.14. The fourth-order valence-corrected chi connectivity index (χ4v) is 9.14. The molecule has 0 spiro atoms. The molecule has 2 rings (SSSR count). The van der Waals surface area contributed by atoms with Crippen LogP contribution in [-0.4, -0.2) is 145 Å². The Hall–Kier alpha value is -6.03. The number of hydrogen-bond acceptors (Lipinski definition) is 12. The Morgan fingerprint density at radius 3 is 1.92 bits per heavy atom. The van der Waals surface area contributed by atoms with Crippen LogP contribution in [0, 0.1) is 23.7 Å². The number of urea groups is 1. The molecular weight excluding hydrogens is 955 g/mol. The Labute approximate surface area is 438 Å². The Bertz CT molecular complexity index is 2000. The van der Waals surface area contributed by atoms with Gasteiger partial charge in [-0.05, 0) is 86.8 Å². The molecule has 1 aliphatic rings. The SMILES string of the molecule is CC[C@H](C)[C@@H]([C@@H](CC(=O)N1CCC[C@H]1C)OC)N(C)C(=O)[C@@H](NC(=O)C(C(C)C)N(C)C(=O)OCc1ccc(NC(=O)[C@H](CCCNC(N)=O)NC(=O)[C@@H](NC(=O)CCCCCC(=O)NN)C(C)C)cc1)C(C)C. The van der Waals surface area contributed by atoms with Crippen molar-refractivity contribution in [2.45, 2.75) is 182 Å². The summed E-state index contributed by atoms with van der Waals surface area (Å²) in [4.78, 5) is 123. The van der Waals surface area contributed by atoms with E-state index >= 15 is 0 Å². The van der Waals surface area contributed by atoms with E-state index in [0.29, 0.717) is 43.5 Å². The molecule has 0 saturated carbocycles. The van der Waals surface area contributed by atoms with Crippen molar-refractivity contribution in [3.63, 3.8) is 0 Å². The number of amides is 10. The maximum absolute atomic E-state index is 14.4. The Morgan fingerprint density at radius 1 is 0.770 bits per heavy atom. The van der Waals surface area contributed by atoms with Gasteiger partial charge in [0.15, 0.2) is 0 Å². The lowest BCUT2D eigenvalue weighted by atomic mass is 9.89. The van der Waals surface area contributed by atoms with Crippen molar-refractivity contribution in [2.24, 2.45) is 35.2 Å². The number of carbonyl (C=O) groups is 9. The molecule has 1 aromatic carbocycles. The van der Waals surface area contributed by atoms with Gasteiger partial charge in [-0.15, -0.1) is 0 Å². The Morgan fingerprint density at radius 2 is 1.39 bits per heavy atom. The van der Waals surface area contributed by atoms with Crippen molar-refractivity contribution < 1.29 is 52.6 Å². The van der Waals surface area contributed by atoms with Crippen molar-refractivity contribution in [3.8, 4) is 0 Å². The first kappa shape index (κ1) is 64.1. The molecule has 10 amide bonds. The van der Waals surface area contributed by atoms with Crippen molar-refractivity contribution in [1.82, 2.24) is 41.4 Å². The number of primary amides is 1. The van der Waals surface area contributed by atoms with Gasteiger partial charge in [-0.1, -0.05) is 80.4 Å². The second-order valence-corrected chi connectivity index (χ2v) is 20.6. The highest BCUT2D eigenvalue weighted by molar-refractivity contribution is 5.98. The summed E-state index contributed by atoms with van der Waals surface area (Å²) in [6, 6.07) is 1.38. The quantitative estimate of drug-likeness (QED) is 0.0229. The van der Waals surface area contributed by atoms with E-state index < -0.39 is 66.2 Å². The summed E-state index contributed by atoms with van der Waals surface area (Å²) in [5.74, 6) is 1.33. The maximum Gasteiger partial charge on any atom is 0.410 e. The zero-order chi connectivity index (χ0) is 55.8. The highest BCUT2D eigenvalue weighted by atomic mass is 16.6. The van der Waals surface area contributed by atoms with Crippen molar-refractivity contribution in [3.05, 3.63) is 29.8 Å². The molecule has 0 bridgehead atoms. The zero-order valence-corrected chi connectivity index (χ0v) is 46.0. The summed E-state index contributed by atoms with van der Waals surface area (Å²) in [7, 11) is 4.69. The smallest absolute Gasteiger partial charge is 0.410 e. The number of nitrogens with two attached hydrogens (primary N) is 2. The van der Waals surface area contributed by atoms with Crippen molar-refractivity contribution >= 4 is 59.2 Å². The average molecular weight is 1040 g/mol. The normalized spacial score (nSPS) is 16.2. The molecule has 8 atom stereocenters. The third-order valence-electron chi connectivity index (χ3n) is 13.7. The van der Waals surface area contributed by atoms with Crippen LogP contribution in [0.15, 0.2) is 24.3 Å². The van der Waals surface area contributed by atoms with Crippen LogP contribution in [0.3, 0.4) is 0 Å². The highest BCUT2D eigenvalue weighted by Gasteiger charge is 2.41. The number of carbonyl (C=O) groups excluding carboxylic acids is 9. The van der Waals surface area contributed by atoms with Gasteiger partial charge in [0.1, 0.15) is 30.8 Å². The molecule has 10 N–H and O–H groups in total. The molecule has 1 saturated heterocycles. The topological polar surface area (TPSA) is 306 Å². The first-order valence-corrected chi connectivity index (χ1v) is 26.2. The first-order valence-electron chi connectivity index (χ1n) is 26.2.